The Morgan fingerprint density at radius 2 is 1.08 bits per heavy atom. The maximum absolute atomic E-state index is 9.33. The molecule has 0 saturated carbocycles. The number of carboxylic acids is 2. The molecule has 0 fully saturated rings. The van der Waals surface area contributed by atoms with Crippen LogP contribution in [-0.4, -0.2) is 22.9 Å². The summed E-state index contributed by atoms with van der Waals surface area (Å²) in [7, 11) is 0. The van der Waals surface area contributed by atoms with Crippen LogP contribution >= 0.6 is 23.2 Å². The Labute approximate surface area is 94.6 Å². The first-order valence-electron chi connectivity index (χ1n) is 2.50. The smallest absolute Gasteiger partial charge is 0.547 e. The maximum Gasteiger partial charge on any atom is 2.00 e. The molecule has 81 valence electrons. The van der Waals surface area contributed by atoms with Gasteiger partial charge in [-0.3, -0.25) is 0 Å². The van der Waals surface area contributed by atoms with Crippen molar-refractivity contribution in [3.63, 3.8) is 0 Å². The molecule has 9 heteroatoms. The van der Waals surface area contributed by atoms with Gasteiger partial charge in [-0.15, -0.1) is 0 Å². The number of aliphatic carboxylic acids is 2. The zero-order valence-electron chi connectivity index (χ0n) is 6.00. The van der Waals surface area contributed by atoms with E-state index in [9.17, 15) is 19.8 Å². The minimum atomic E-state index is -1.45. The summed E-state index contributed by atoms with van der Waals surface area (Å²) < 4.78 is 0. The molecule has 0 amide bonds. The van der Waals surface area contributed by atoms with E-state index in [4.69, 9.17) is 23.2 Å². The van der Waals surface area contributed by atoms with Gasteiger partial charge in [0.2, 0.25) is 0 Å². The van der Waals surface area contributed by atoms with Gasteiger partial charge in [0.15, 0.2) is 0 Å². The van der Waals surface area contributed by atoms with E-state index in [-0.39, 0.29) is 17.1 Å². The molecule has 0 rings (SSSR count). The number of hydrogen-bond acceptors (Lipinski definition) is 6. The van der Waals surface area contributed by atoms with Gasteiger partial charge in [-0.25, -0.2) is 0 Å². The molecule has 0 heterocycles. The van der Waals surface area contributed by atoms with E-state index in [0.717, 1.165) is 0 Å². The largest absolute Gasteiger partial charge is 2.00 e. The Kier molecular flexibility index (Phi) is 14.4. The molecule has 0 aromatic carbocycles. The standard InChI is InChI=1S/2C2H4ClNO2.Cu/c2*3-1(4)2(5)6;/h2*1H,4H2,(H,5,6);/q;;+2/p-2. The van der Waals surface area contributed by atoms with Gasteiger partial charge in [0.1, 0.15) is 11.0 Å². The number of rotatable bonds is 2. The van der Waals surface area contributed by atoms with Gasteiger partial charge in [-0.05, 0) is 0 Å². The molecular formula is C4H6Cl2CuN2O4. The summed E-state index contributed by atoms with van der Waals surface area (Å²) in [5.41, 5.74) is 6.34. The molecule has 2 atom stereocenters. The Morgan fingerprint density at radius 3 is 1.08 bits per heavy atom. The molecule has 0 aromatic heterocycles. The quantitative estimate of drug-likeness (QED) is 0.307. The van der Waals surface area contributed by atoms with E-state index < -0.39 is 22.9 Å². The van der Waals surface area contributed by atoms with Crippen molar-refractivity contribution in [3.05, 3.63) is 0 Å². The fraction of sp³-hybridized carbons (Fsp3) is 0.500. The minimum absolute atomic E-state index is 0. The molecule has 0 spiro atoms. The van der Waals surface area contributed by atoms with Gasteiger partial charge in [0.05, 0.1) is 11.9 Å². The number of hydrogen-bond donors (Lipinski definition) is 2. The molecule has 0 aliphatic carbocycles. The third-order valence-corrected chi connectivity index (χ3v) is 0.807. The van der Waals surface area contributed by atoms with Crippen molar-refractivity contribution in [2.75, 3.05) is 0 Å². The van der Waals surface area contributed by atoms with Gasteiger partial charge in [0.25, 0.3) is 0 Å². The van der Waals surface area contributed by atoms with Crippen LogP contribution in [0.3, 0.4) is 0 Å². The van der Waals surface area contributed by atoms with Crippen LogP contribution in [0.5, 0.6) is 0 Å². The van der Waals surface area contributed by atoms with Crippen molar-refractivity contribution in [2.24, 2.45) is 11.5 Å². The normalized spacial score (nSPS) is 12.6. The van der Waals surface area contributed by atoms with Crippen molar-refractivity contribution < 1.29 is 36.9 Å². The van der Waals surface area contributed by atoms with Crippen molar-refractivity contribution >= 4 is 35.1 Å². The second kappa shape index (κ2) is 10.0. The van der Waals surface area contributed by atoms with Gasteiger partial charge >= 0.3 is 17.1 Å². The van der Waals surface area contributed by atoms with E-state index in [0.29, 0.717) is 0 Å². The number of carboxylic acid groups (broad SMARTS) is 2. The summed E-state index contributed by atoms with van der Waals surface area (Å²) in [5, 5.41) is 18.7. The summed E-state index contributed by atoms with van der Waals surface area (Å²) in [6.07, 6.45) is 0. The van der Waals surface area contributed by atoms with E-state index in [2.05, 4.69) is 11.5 Å². The number of nitrogens with two attached hydrogens (primary N) is 2. The summed E-state index contributed by atoms with van der Waals surface area (Å²) in [5.74, 6) is -2.90. The molecular weight excluding hydrogens is 275 g/mol. The predicted octanol–water partition coefficient (Wildman–Crippen LogP) is -3.48. The molecule has 4 N–H and O–H groups in total. The van der Waals surface area contributed by atoms with Crippen molar-refractivity contribution in [2.45, 2.75) is 11.0 Å². The number of carbonyl (C=O) groups excluding carboxylic acids is 2. The topological polar surface area (TPSA) is 132 Å². The Bertz CT molecular complexity index is 148. The number of alkyl halides is 2. The molecule has 0 aliphatic heterocycles. The van der Waals surface area contributed by atoms with Crippen LogP contribution in [-0.2, 0) is 26.7 Å². The van der Waals surface area contributed by atoms with Gasteiger partial charge in [-0.1, -0.05) is 23.2 Å². The maximum atomic E-state index is 9.33. The first kappa shape index (κ1) is 18.7. The average molecular weight is 281 g/mol. The Balaban J connectivity index is -0.000000143. The van der Waals surface area contributed by atoms with E-state index in [1.165, 1.54) is 0 Å². The second-order valence-electron chi connectivity index (χ2n) is 1.44. The zero-order chi connectivity index (χ0) is 10.3. The van der Waals surface area contributed by atoms with Crippen LogP contribution in [0, 0.1) is 0 Å². The fourth-order valence-corrected chi connectivity index (χ4v) is 0. The average Bonchev–Trinajstić information content (AvgIpc) is 1.88. The molecule has 13 heavy (non-hydrogen) atoms. The van der Waals surface area contributed by atoms with Crippen LogP contribution in [0.4, 0.5) is 0 Å². The molecule has 1 radical (unpaired) electrons. The van der Waals surface area contributed by atoms with Crippen LogP contribution in [0.15, 0.2) is 0 Å². The number of halogens is 2. The van der Waals surface area contributed by atoms with Crippen LogP contribution in [0.1, 0.15) is 0 Å². The monoisotopic (exact) mass is 279 g/mol. The summed E-state index contributed by atoms with van der Waals surface area (Å²) in [4.78, 5) is 18.7. The zero-order valence-corrected chi connectivity index (χ0v) is 8.45. The third kappa shape index (κ3) is 18.7. The van der Waals surface area contributed by atoms with Crippen LogP contribution in [0.25, 0.3) is 0 Å². The summed E-state index contributed by atoms with van der Waals surface area (Å²) >= 11 is 9.46. The van der Waals surface area contributed by atoms with Crippen molar-refractivity contribution in [1.29, 1.82) is 0 Å². The van der Waals surface area contributed by atoms with Gasteiger partial charge in [0, 0.05) is 0 Å². The first-order chi connectivity index (χ1) is 5.29. The van der Waals surface area contributed by atoms with Gasteiger partial charge in [-0.2, -0.15) is 0 Å². The van der Waals surface area contributed by atoms with Crippen LogP contribution < -0.4 is 21.7 Å². The van der Waals surface area contributed by atoms with E-state index >= 15 is 0 Å². The van der Waals surface area contributed by atoms with Crippen molar-refractivity contribution in [1.82, 2.24) is 0 Å². The fourth-order valence-electron chi connectivity index (χ4n) is 0. The predicted molar refractivity (Wildman–Crippen MR) is 37.7 cm³/mol. The van der Waals surface area contributed by atoms with Crippen molar-refractivity contribution in [3.8, 4) is 0 Å². The van der Waals surface area contributed by atoms with E-state index in [1.54, 1.807) is 0 Å². The molecule has 6 nitrogen and oxygen atoms in total. The second-order valence-corrected chi connectivity index (χ2v) is 2.38. The molecule has 0 aliphatic rings. The Hall–Kier alpha value is -0.0405. The van der Waals surface area contributed by atoms with Crippen LogP contribution in [0.2, 0.25) is 0 Å². The Morgan fingerprint density at radius 1 is 1.00 bits per heavy atom. The van der Waals surface area contributed by atoms with E-state index in [1.807, 2.05) is 0 Å². The first-order valence-corrected chi connectivity index (χ1v) is 3.37. The molecule has 0 aromatic rings. The van der Waals surface area contributed by atoms with Gasteiger partial charge < -0.3 is 31.3 Å². The SMILES string of the molecule is NC(Cl)C(=O)[O-].NC(Cl)C(=O)[O-].[Cu+2]. The summed E-state index contributed by atoms with van der Waals surface area (Å²) in [6, 6.07) is 0. The molecule has 0 saturated heterocycles. The minimum Gasteiger partial charge on any atom is -0.547 e. The molecule has 2 unspecified atom stereocenters. The number of carbonyl (C=O) groups is 2. The summed E-state index contributed by atoms with van der Waals surface area (Å²) in [6.45, 7) is 0. The molecule has 0 bridgehead atoms. The third-order valence-electron chi connectivity index (χ3n) is 0.450.